The highest BCUT2D eigenvalue weighted by atomic mass is 16.6. The number of ketones is 1. The quantitative estimate of drug-likeness (QED) is 0.126. The lowest BCUT2D eigenvalue weighted by Gasteiger charge is -2.63. The van der Waals surface area contributed by atoms with Crippen molar-refractivity contribution in [3.05, 3.63) is 57.2 Å². The summed E-state index contributed by atoms with van der Waals surface area (Å²) in [7, 11) is 1.22. The van der Waals surface area contributed by atoms with E-state index in [-0.39, 0.29) is 72.2 Å². The van der Waals surface area contributed by atoms with E-state index in [9.17, 15) is 44.1 Å². The second kappa shape index (κ2) is 12.8. The first-order valence-corrected chi connectivity index (χ1v) is 19.4. The molecule has 0 unspecified atom stereocenters. The van der Waals surface area contributed by atoms with E-state index >= 15 is 0 Å². The lowest BCUT2D eigenvalue weighted by Crippen LogP contribution is -2.67. The first-order chi connectivity index (χ1) is 26.5. The van der Waals surface area contributed by atoms with Crippen LogP contribution in [0.3, 0.4) is 0 Å². The van der Waals surface area contributed by atoms with E-state index in [4.69, 9.17) is 23.7 Å². The van der Waals surface area contributed by atoms with Crippen LogP contribution in [0.25, 0.3) is 0 Å². The summed E-state index contributed by atoms with van der Waals surface area (Å²) in [5.41, 5.74) is -1.97. The van der Waals surface area contributed by atoms with Crippen LogP contribution in [0.1, 0.15) is 60.3 Å². The molecule has 1 aliphatic heterocycles. The molecule has 14 nitrogen and oxygen atoms in total. The standard InChI is InChI=1S/C42H48O14/c1-7-53-29(44)8-9-30(45)54-11-10-18(2)36(48)55-17-41(51)26-14-25(26)39(4)27(41)15-24-22(16-43)38(50)56-42(24)28(39)13-21-20-12-23(20)40(5)32(21)33(42)31(34(46)35(40)47)19(3)37(49)52-6/h8-10,20,23,25-28,33,35,43,47,51H,7,11-17H2,1-6H3/b9-8+,18-10+,31-19-/t20-,23-,25-,26+,27-,28+,33+,35+,39+,40+,41+,42+/m1/s1. The van der Waals surface area contributed by atoms with Crippen LogP contribution in [-0.2, 0) is 52.5 Å². The summed E-state index contributed by atoms with van der Waals surface area (Å²) in [6, 6.07) is 0. The van der Waals surface area contributed by atoms with Crippen molar-refractivity contribution in [2.45, 2.75) is 77.6 Å². The van der Waals surface area contributed by atoms with E-state index in [0.717, 1.165) is 29.7 Å². The van der Waals surface area contributed by atoms with Gasteiger partial charge in [0.15, 0.2) is 5.78 Å². The van der Waals surface area contributed by atoms with Gasteiger partial charge in [-0.25, -0.2) is 24.0 Å². The average Bonchev–Trinajstić information content (AvgIpc) is 4.09. The molecule has 7 aliphatic carbocycles. The number of esters is 5. The van der Waals surface area contributed by atoms with E-state index in [2.05, 4.69) is 6.92 Å². The second-order valence-corrected chi connectivity index (χ2v) is 17.2. The van der Waals surface area contributed by atoms with Crippen LogP contribution in [0, 0.1) is 52.3 Å². The topological polar surface area (TPSA) is 209 Å². The van der Waals surface area contributed by atoms with Gasteiger partial charge in [0.05, 0.1) is 31.8 Å². The Kier molecular flexibility index (Phi) is 8.80. The van der Waals surface area contributed by atoms with Crippen molar-refractivity contribution in [2.24, 2.45) is 52.3 Å². The van der Waals surface area contributed by atoms with Gasteiger partial charge in [0.2, 0.25) is 0 Å². The first kappa shape index (κ1) is 38.5. The molecule has 1 heterocycles. The SMILES string of the molecule is CCOC(=O)/C=C/C(=O)OC/C=C(\C)C(=O)OC[C@]1(O)[C@H]2C[C@H]2[C@]2(C)[C@@H]3CC4=C5[C@H](/C(=C(\C)C(=O)OC)C(=O)[C@H](O)[C@@]5(C)[C@@H]5C[C@H]45)[C@@]34OC(=O)C(CO)=C4C[C@@H]12. The number of methoxy groups -OCH3 is 1. The third-order valence-corrected chi connectivity index (χ3v) is 15.1. The number of carbonyl (C=O) groups excluding carboxylic acids is 6. The largest absolute Gasteiger partial charge is 0.466 e. The summed E-state index contributed by atoms with van der Waals surface area (Å²) in [5, 5.41) is 35.2. The Morgan fingerprint density at radius 3 is 2.29 bits per heavy atom. The molecule has 0 bridgehead atoms. The van der Waals surface area contributed by atoms with Gasteiger partial charge in [0.25, 0.3) is 0 Å². The van der Waals surface area contributed by atoms with Crippen LogP contribution >= 0.6 is 0 Å². The number of hydrogen-bond acceptors (Lipinski definition) is 14. The lowest BCUT2D eigenvalue weighted by molar-refractivity contribution is -0.191. The van der Waals surface area contributed by atoms with E-state index < -0.39 is 88.1 Å². The molecule has 8 rings (SSSR count). The van der Waals surface area contributed by atoms with Crippen LogP contribution in [0.5, 0.6) is 0 Å². The van der Waals surface area contributed by atoms with Gasteiger partial charge >= 0.3 is 29.8 Å². The predicted molar refractivity (Wildman–Crippen MR) is 191 cm³/mol. The highest BCUT2D eigenvalue weighted by molar-refractivity contribution is 6.09. The summed E-state index contributed by atoms with van der Waals surface area (Å²) in [6.45, 7) is 7.48. The van der Waals surface area contributed by atoms with E-state index in [1.54, 1.807) is 6.92 Å². The van der Waals surface area contributed by atoms with E-state index in [1.165, 1.54) is 27.0 Å². The van der Waals surface area contributed by atoms with Crippen molar-refractivity contribution < 1.29 is 67.8 Å². The van der Waals surface area contributed by atoms with Crippen molar-refractivity contribution in [2.75, 3.05) is 33.5 Å². The summed E-state index contributed by atoms with van der Waals surface area (Å²) in [6.07, 6.45) is 3.81. The Morgan fingerprint density at radius 1 is 0.929 bits per heavy atom. The summed E-state index contributed by atoms with van der Waals surface area (Å²) in [4.78, 5) is 78.3. The first-order valence-electron chi connectivity index (χ1n) is 19.4. The molecule has 14 heteroatoms. The molecule has 5 fully saturated rings. The van der Waals surface area contributed by atoms with Crippen LogP contribution in [0.15, 0.2) is 57.2 Å². The minimum Gasteiger partial charge on any atom is -0.466 e. The lowest BCUT2D eigenvalue weighted by atomic mass is 9.42. The average molecular weight is 777 g/mol. The van der Waals surface area contributed by atoms with Crippen LogP contribution < -0.4 is 0 Å². The van der Waals surface area contributed by atoms with Gasteiger partial charge in [-0.05, 0) is 92.8 Å². The maximum absolute atomic E-state index is 14.5. The van der Waals surface area contributed by atoms with Gasteiger partial charge in [0.1, 0.15) is 30.5 Å². The van der Waals surface area contributed by atoms with Gasteiger partial charge < -0.3 is 39.0 Å². The Bertz CT molecular complexity index is 2040. The minimum absolute atomic E-state index is 0.00501. The van der Waals surface area contributed by atoms with Crippen molar-refractivity contribution >= 4 is 35.6 Å². The molecule has 8 aliphatic rings. The Morgan fingerprint density at radius 2 is 1.62 bits per heavy atom. The molecule has 0 amide bonds. The molecular formula is C42H48O14. The molecule has 0 saturated heterocycles. The molecule has 0 aromatic heterocycles. The Hall–Kier alpha value is -4.40. The number of allylic oxidation sites excluding steroid dienone is 1. The molecule has 0 aromatic carbocycles. The molecule has 1 spiro atoms. The van der Waals surface area contributed by atoms with Gasteiger partial charge in [-0.15, -0.1) is 0 Å². The highest BCUT2D eigenvalue weighted by Crippen LogP contribution is 2.83. The van der Waals surface area contributed by atoms with E-state index in [0.29, 0.717) is 18.4 Å². The zero-order chi connectivity index (χ0) is 40.4. The van der Waals surface area contributed by atoms with Crippen molar-refractivity contribution in [1.82, 2.24) is 0 Å². The Labute approximate surface area is 323 Å². The normalized spacial score (nSPS) is 41.8. The maximum Gasteiger partial charge on any atom is 0.337 e. The number of ether oxygens (including phenoxy) is 5. The smallest absolute Gasteiger partial charge is 0.337 e. The number of aliphatic hydroxyl groups is 3. The van der Waals surface area contributed by atoms with Crippen LogP contribution in [0.4, 0.5) is 0 Å². The van der Waals surface area contributed by atoms with Crippen LogP contribution in [0.2, 0.25) is 0 Å². The van der Waals surface area contributed by atoms with E-state index in [1.807, 2.05) is 6.92 Å². The number of carbonyl (C=O) groups is 6. The third kappa shape index (κ3) is 4.90. The number of hydrogen-bond donors (Lipinski definition) is 3. The fraction of sp³-hybridized carbons (Fsp3) is 0.619. The van der Waals surface area contributed by atoms with Gasteiger partial charge in [-0.2, -0.15) is 0 Å². The predicted octanol–water partition coefficient (Wildman–Crippen LogP) is 2.15. The molecule has 12 atom stereocenters. The number of rotatable bonds is 10. The molecule has 300 valence electrons. The molecule has 0 radical (unpaired) electrons. The minimum atomic E-state index is -1.52. The monoisotopic (exact) mass is 776 g/mol. The van der Waals surface area contributed by atoms with Crippen molar-refractivity contribution in [3.8, 4) is 0 Å². The fourth-order valence-corrected chi connectivity index (χ4v) is 12.5. The zero-order valence-electron chi connectivity index (χ0n) is 32.3. The fourth-order valence-electron chi connectivity index (χ4n) is 12.5. The summed E-state index contributed by atoms with van der Waals surface area (Å²) < 4.78 is 27.2. The second-order valence-electron chi connectivity index (χ2n) is 17.2. The van der Waals surface area contributed by atoms with Gasteiger partial charge in [-0.1, -0.05) is 19.4 Å². The molecule has 3 N–H and O–H groups in total. The molecule has 0 aromatic rings. The van der Waals surface area contributed by atoms with Crippen molar-refractivity contribution in [3.63, 3.8) is 0 Å². The molecule has 5 saturated carbocycles. The number of fused-ring (bicyclic) bond motifs is 7. The summed E-state index contributed by atoms with van der Waals surface area (Å²) in [5.74, 6) is -6.43. The zero-order valence-corrected chi connectivity index (χ0v) is 32.3. The van der Waals surface area contributed by atoms with Crippen LogP contribution in [-0.4, -0.2) is 102 Å². The maximum atomic E-state index is 14.5. The Balaban J connectivity index is 1.14. The summed E-state index contributed by atoms with van der Waals surface area (Å²) >= 11 is 0. The van der Waals surface area contributed by atoms with Crippen molar-refractivity contribution in [1.29, 1.82) is 0 Å². The highest BCUT2D eigenvalue weighted by Gasteiger charge is 2.84. The third-order valence-electron chi connectivity index (χ3n) is 15.1. The number of aliphatic hydroxyl groups excluding tert-OH is 2. The van der Waals surface area contributed by atoms with Gasteiger partial charge in [0, 0.05) is 46.1 Å². The molecule has 56 heavy (non-hydrogen) atoms. The van der Waals surface area contributed by atoms with Gasteiger partial charge in [-0.3, -0.25) is 4.79 Å². The number of Topliss-reactive ketones (excluding diaryl/α,β-unsaturated/α-hetero) is 1. The molecular weight excluding hydrogens is 728 g/mol.